The highest BCUT2D eigenvalue weighted by Gasteiger charge is 2.23. The number of methoxy groups -OCH3 is 1. The van der Waals surface area contributed by atoms with Crippen molar-refractivity contribution in [3.63, 3.8) is 0 Å². The number of hydrogen-bond acceptors (Lipinski definition) is 4. The number of H-pyrrole nitrogens is 1. The van der Waals surface area contributed by atoms with Crippen LogP contribution in [0.3, 0.4) is 0 Å². The van der Waals surface area contributed by atoms with E-state index < -0.39 is 5.82 Å². The lowest BCUT2D eigenvalue weighted by Crippen LogP contribution is -2.39. The van der Waals surface area contributed by atoms with Crippen LogP contribution in [0.4, 0.5) is 10.1 Å². The molecule has 0 spiro atoms. The molecule has 0 atom stereocenters. The van der Waals surface area contributed by atoms with Gasteiger partial charge < -0.3 is 15.0 Å². The quantitative estimate of drug-likeness (QED) is 0.729. The third-order valence-corrected chi connectivity index (χ3v) is 4.97. The Morgan fingerprint density at radius 2 is 2.11 bits per heavy atom. The predicted molar refractivity (Wildman–Crippen MR) is 105 cm³/mol. The number of nitrogens with one attached hydrogen (secondary N) is 2. The first-order valence-corrected chi connectivity index (χ1v) is 9.03. The number of ether oxygens (including phenoxy) is 1. The van der Waals surface area contributed by atoms with Gasteiger partial charge in [-0.3, -0.25) is 14.5 Å². The van der Waals surface area contributed by atoms with Gasteiger partial charge in [-0.15, -0.1) is 0 Å². The SMILES string of the molecule is COc1ccc2[nH]c3c(c(=O)c2c1)CN(CC(=O)Nc1ccccc1F)CC3. The summed E-state index contributed by atoms with van der Waals surface area (Å²) >= 11 is 0. The molecule has 0 saturated carbocycles. The fourth-order valence-corrected chi connectivity index (χ4v) is 3.53. The minimum absolute atomic E-state index is 0.0538. The number of rotatable bonds is 4. The zero-order valence-corrected chi connectivity index (χ0v) is 15.4. The maximum atomic E-state index is 13.7. The van der Waals surface area contributed by atoms with E-state index in [4.69, 9.17) is 4.74 Å². The van der Waals surface area contributed by atoms with Crippen molar-refractivity contribution < 1.29 is 13.9 Å². The minimum Gasteiger partial charge on any atom is -0.497 e. The molecular formula is C21H20FN3O3. The maximum absolute atomic E-state index is 13.7. The molecule has 7 heteroatoms. The minimum atomic E-state index is -0.475. The maximum Gasteiger partial charge on any atom is 0.238 e. The van der Waals surface area contributed by atoms with Gasteiger partial charge in [-0.25, -0.2) is 4.39 Å². The van der Waals surface area contributed by atoms with Crippen LogP contribution in [0.5, 0.6) is 5.75 Å². The molecule has 6 nitrogen and oxygen atoms in total. The Labute approximate surface area is 160 Å². The van der Waals surface area contributed by atoms with Crippen molar-refractivity contribution in [2.75, 3.05) is 25.5 Å². The van der Waals surface area contributed by atoms with Crippen LogP contribution in [-0.4, -0.2) is 36.0 Å². The van der Waals surface area contributed by atoms with E-state index >= 15 is 0 Å². The number of amides is 1. The van der Waals surface area contributed by atoms with Gasteiger partial charge >= 0.3 is 0 Å². The van der Waals surface area contributed by atoms with Crippen LogP contribution in [0, 0.1) is 5.82 Å². The summed E-state index contributed by atoms with van der Waals surface area (Å²) in [4.78, 5) is 30.5. The molecule has 0 saturated heterocycles. The fourth-order valence-electron chi connectivity index (χ4n) is 3.53. The van der Waals surface area contributed by atoms with Crippen LogP contribution < -0.4 is 15.5 Å². The number of aromatic amines is 1. The lowest BCUT2D eigenvalue weighted by Gasteiger charge is -2.28. The Kier molecular flexibility index (Phi) is 4.83. The summed E-state index contributed by atoms with van der Waals surface area (Å²) in [7, 11) is 1.56. The summed E-state index contributed by atoms with van der Waals surface area (Å²) in [6.07, 6.45) is 0.638. The van der Waals surface area contributed by atoms with E-state index in [1.165, 1.54) is 12.1 Å². The van der Waals surface area contributed by atoms with Crippen LogP contribution in [0.2, 0.25) is 0 Å². The standard InChI is InChI=1S/C21H20FN3O3/c1-28-13-6-7-17-14(10-13)21(27)15-11-25(9-8-18(15)23-17)12-20(26)24-19-5-3-2-4-16(19)22/h2-7,10H,8-9,11-12H2,1H3,(H,23,27)(H,24,26). The number of para-hydroxylation sites is 1. The second-order valence-corrected chi connectivity index (χ2v) is 6.81. The lowest BCUT2D eigenvalue weighted by atomic mass is 10.0. The number of benzene rings is 2. The van der Waals surface area contributed by atoms with E-state index in [1.807, 2.05) is 17.0 Å². The molecule has 0 radical (unpaired) electrons. The van der Waals surface area contributed by atoms with Crippen molar-refractivity contribution >= 4 is 22.5 Å². The average molecular weight is 381 g/mol. The Hall–Kier alpha value is -3.19. The molecule has 2 heterocycles. The third-order valence-electron chi connectivity index (χ3n) is 4.97. The second kappa shape index (κ2) is 7.44. The first kappa shape index (κ1) is 18.2. The molecule has 3 aromatic rings. The van der Waals surface area contributed by atoms with E-state index in [2.05, 4.69) is 10.3 Å². The summed E-state index contributed by atoms with van der Waals surface area (Å²) in [5.74, 6) is -0.168. The zero-order valence-electron chi connectivity index (χ0n) is 15.4. The smallest absolute Gasteiger partial charge is 0.238 e. The molecule has 28 heavy (non-hydrogen) atoms. The molecule has 0 unspecified atom stereocenters. The van der Waals surface area contributed by atoms with Crippen molar-refractivity contribution in [2.45, 2.75) is 13.0 Å². The fraction of sp³-hybridized carbons (Fsp3) is 0.238. The van der Waals surface area contributed by atoms with Crippen LogP contribution in [-0.2, 0) is 17.8 Å². The molecule has 2 aromatic carbocycles. The van der Waals surface area contributed by atoms with E-state index in [0.717, 1.165) is 11.2 Å². The van der Waals surface area contributed by atoms with E-state index in [0.29, 0.717) is 36.2 Å². The van der Waals surface area contributed by atoms with Crippen molar-refractivity contribution in [3.05, 3.63) is 69.8 Å². The number of pyridine rings is 1. The average Bonchev–Trinajstić information content (AvgIpc) is 2.70. The molecule has 1 aromatic heterocycles. The van der Waals surface area contributed by atoms with Crippen molar-refractivity contribution in [1.82, 2.24) is 9.88 Å². The van der Waals surface area contributed by atoms with E-state index in [9.17, 15) is 14.0 Å². The normalized spacial score (nSPS) is 13.9. The highest BCUT2D eigenvalue weighted by atomic mass is 19.1. The molecule has 0 bridgehead atoms. The first-order valence-electron chi connectivity index (χ1n) is 9.03. The number of fused-ring (bicyclic) bond motifs is 2. The summed E-state index contributed by atoms with van der Waals surface area (Å²) in [5.41, 5.74) is 2.43. The number of anilines is 1. The van der Waals surface area contributed by atoms with Gasteiger partial charge in [0.15, 0.2) is 5.43 Å². The van der Waals surface area contributed by atoms with Gasteiger partial charge in [0, 0.05) is 41.7 Å². The van der Waals surface area contributed by atoms with Gasteiger partial charge in [0.1, 0.15) is 11.6 Å². The second-order valence-electron chi connectivity index (χ2n) is 6.81. The zero-order chi connectivity index (χ0) is 19.7. The third kappa shape index (κ3) is 3.48. The van der Waals surface area contributed by atoms with Crippen LogP contribution in [0.15, 0.2) is 47.3 Å². The van der Waals surface area contributed by atoms with Gasteiger partial charge in [-0.05, 0) is 30.3 Å². The number of carbonyl (C=O) groups excluding carboxylic acids is 1. The first-order chi connectivity index (χ1) is 13.5. The molecule has 144 valence electrons. The van der Waals surface area contributed by atoms with Gasteiger partial charge in [-0.2, -0.15) is 0 Å². The van der Waals surface area contributed by atoms with Gasteiger partial charge in [0.2, 0.25) is 5.91 Å². The largest absolute Gasteiger partial charge is 0.497 e. The Morgan fingerprint density at radius 1 is 1.29 bits per heavy atom. The molecule has 2 N–H and O–H groups in total. The van der Waals surface area contributed by atoms with Gasteiger partial charge in [0.05, 0.1) is 19.3 Å². The highest BCUT2D eigenvalue weighted by molar-refractivity contribution is 5.92. The Bertz CT molecular complexity index is 1110. The number of halogens is 1. The highest BCUT2D eigenvalue weighted by Crippen LogP contribution is 2.22. The van der Waals surface area contributed by atoms with Crippen LogP contribution in [0.1, 0.15) is 11.3 Å². The summed E-state index contributed by atoms with van der Waals surface area (Å²) in [5, 5.41) is 3.15. The molecule has 0 aliphatic carbocycles. The van der Waals surface area contributed by atoms with Crippen LogP contribution in [0.25, 0.3) is 10.9 Å². The Balaban J connectivity index is 1.54. The lowest BCUT2D eigenvalue weighted by molar-refractivity contribution is -0.117. The summed E-state index contributed by atoms with van der Waals surface area (Å²) in [6, 6.07) is 11.4. The van der Waals surface area contributed by atoms with E-state index in [-0.39, 0.29) is 23.6 Å². The molecule has 1 amide bonds. The van der Waals surface area contributed by atoms with Crippen molar-refractivity contribution in [3.8, 4) is 5.75 Å². The number of hydrogen-bond donors (Lipinski definition) is 2. The molecule has 4 rings (SSSR count). The molecular weight excluding hydrogens is 361 g/mol. The molecule has 1 aliphatic heterocycles. The van der Waals surface area contributed by atoms with Gasteiger partial charge in [0.25, 0.3) is 0 Å². The Morgan fingerprint density at radius 3 is 2.89 bits per heavy atom. The predicted octanol–water partition coefficient (Wildman–Crippen LogP) is 2.67. The van der Waals surface area contributed by atoms with Crippen molar-refractivity contribution in [1.29, 1.82) is 0 Å². The monoisotopic (exact) mass is 381 g/mol. The molecule has 1 aliphatic rings. The summed E-state index contributed by atoms with van der Waals surface area (Å²) in [6.45, 7) is 1.08. The van der Waals surface area contributed by atoms with E-state index in [1.54, 1.807) is 25.3 Å². The van der Waals surface area contributed by atoms with Crippen molar-refractivity contribution in [2.24, 2.45) is 0 Å². The number of carbonyl (C=O) groups is 1. The number of nitrogens with zero attached hydrogens (tertiary/aromatic N) is 1. The van der Waals surface area contributed by atoms with Gasteiger partial charge in [-0.1, -0.05) is 12.1 Å². The van der Waals surface area contributed by atoms with Crippen LogP contribution >= 0.6 is 0 Å². The summed E-state index contributed by atoms with van der Waals surface area (Å²) < 4.78 is 18.9. The topological polar surface area (TPSA) is 74.4 Å². The molecule has 0 fully saturated rings. The number of aromatic nitrogens is 1.